The molecule has 8 nitrogen and oxygen atoms in total. The standard InChI is InChI=1S/C22H35N5O3/c1-4-6-12-25-15-23-20-19(25)21(29)27(22(30)26(20)13-7-5-2)14-18(28)24-17-11-9-8-10-16(17)3/h15-17H,4-14H2,1-3H3,(H,24,28). The van der Waals surface area contributed by atoms with E-state index in [2.05, 4.69) is 31.1 Å². The third-order valence-electron chi connectivity index (χ3n) is 6.23. The lowest BCUT2D eigenvalue weighted by atomic mass is 9.86. The first-order chi connectivity index (χ1) is 14.5. The molecule has 1 fully saturated rings. The molecule has 0 bridgehead atoms. The Morgan fingerprint density at radius 1 is 1.10 bits per heavy atom. The zero-order chi connectivity index (χ0) is 21.7. The highest BCUT2D eigenvalue weighted by Crippen LogP contribution is 2.23. The Hall–Kier alpha value is -2.38. The summed E-state index contributed by atoms with van der Waals surface area (Å²) >= 11 is 0. The predicted molar refractivity (Wildman–Crippen MR) is 118 cm³/mol. The van der Waals surface area contributed by atoms with Crippen LogP contribution in [0.2, 0.25) is 0 Å². The van der Waals surface area contributed by atoms with E-state index in [1.807, 2.05) is 4.57 Å². The van der Waals surface area contributed by atoms with Gasteiger partial charge < -0.3 is 9.88 Å². The van der Waals surface area contributed by atoms with E-state index in [4.69, 9.17) is 0 Å². The molecule has 1 aliphatic carbocycles. The zero-order valence-corrected chi connectivity index (χ0v) is 18.5. The molecule has 1 aliphatic rings. The van der Waals surface area contributed by atoms with E-state index in [9.17, 15) is 14.4 Å². The summed E-state index contributed by atoms with van der Waals surface area (Å²) < 4.78 is 4.46. The number of nitrogens with one attached hydrogen (secondary N) is 1. The molecular formula is C22H35N5O3. The molecule has 0 aromatic carbocycles. The largest absolute Gasteiger partial charge is 0.352 e. The van der Waals surface area contributed by atoms with Gasteiger partial charge in [0, 0.05) is 19.1 Å². The second-order valence-electron chi connectivity index (χ2n) is 8.58. The van der Waals surface area contributed by atoms with E-state index in [1.165, 1.54) is 6.42 Å². The van der Waals surface area contributed by atoms with E-state index in [0.717, 1.165) is 49.5 Å². The van der Waals surface area contributed by atoms with Crippen molar-refractivity contribution in [2.75, 3.05) is 0 Å². The lowest BCUT2D eigenvalue weighted by molar-refractivity contribution is -0.123. The lowest BCUT2D eigenvalue weighted by Crippen LogP contribution is -2.47. The highest BCUT2D eigenvalue weighted by Gasteiger charge is 2.24. The zero-order valence-electron chi connectivity index (χ0n) is 18.5. The van der Waals surface area contributed by atoms with Crippen molar-refractivity contribution in [1.29, 1.82) is 0 Å². The predicted octanol–water partition coefficient (Wildman–Crippen LogP) is 2.65. The van der Waals surface area contributed by atoms with Crippen LogP contribution in [0.15, 0.2) is 15.9 Å². The number of aromatic nitrogens is 4. The van der Waals surface area contributed by atoms with Gasteiger partial charge in [-0.2, -0.15) is 0 Å². The number of hydrogen-bond acceptors (Lipinski definition) is 4. The van der Waals surface area contributed by atoms with Gasteiger partial charge >= 0.3 is 5.69 Å². The molecule has 8 heteroatoms. The van der Waals surface area contributed by atoms with Crippen LogP contribution in [0.1, 0.15) is 72.1 Å². The average Bonchev–Trinajstić information content (AvgIpc) is 3.15. The van der Waals surface area contributed by atoms with E-state index in [-0.39, 0.29) is 18.5 Å². The average molecular weight is 418 g/mol. The van der Waals surface area contributed by atoms with Crippen LogP contribution in [0.25, 0.3) is 11.2 Å². The van der Waals surface area contributed by atoms with Gasteiger partial charge in [0.15, 0.2) is 11.2 Å². The number of fused-ring (bicyclic) bond motifs is 1. The summed E-state index contributed by atoms with van der Waals surface area (Å²) in [7, 11) is 0. The number of rotatable bonds is 9. The van der Waals surface area contributed by atoms with Crippen LogP contribution in [0.4, 0.5) is 0 Å². The van der Waals surface area contributed by atoms with Gasteiger partial charge in [-0.25, -0.2) is 14.3 Å². The summed E-state index contributed by atoms with van der Waals surface area (Å²) in [4.78, 5) is 43.5. The Balaban J connectivity index is 1.96. The van der Waals surface area contributed by atoms with Crippen molar-refractivity contribution in [3.05, 3.63) is 27.2 Å². The van der Waals surface area contributed by atoms with Crippen molar-refractivity contribution >= 4 is 17.1 Å². The monoisotopic (exact) mass is 417 g/mol. The molecule has 2 unspecified atom stereocenters. The number of aryl methyl sites for hydroxylation is 2. The molecule has 3 rings (SSSR count). The van der Waals surface area contributed by atoms with Crippen LogP contribution in [0.3, 0.4) is 0 Å². The van der Waals surface area contributed by atoms with Crippen molar-refractivity contribution in [1.82, 2.24) is 24.0 Å². The van der Waals surface area contributed by atoms with Crippen molar-refractivity contribution in [2.45, 2.75) is 97.8 Å². The second-order valence-corrected chi connectivity index (χ2v) is 8.58. The lowest BCUT2D eigenvalue weighted by Gasteiger charge is -2.29. The van der Waals surface area contributed by atoms with Crippen LogP contribution in [-0.2, 0) is 24.4 Å². The third kappa shape index (κ3) is 4.68. The first kappa shape index (κ1) is 22.3. The Labute approximate surface area is 177 Å². The van der Waals surface area contributed by atoms with Crippen LogP contribution < -0.4 is 16.6 Å². The molecule has 0 saturated heterocycles. The fourth-order valence-corrected chi connectivity index (χ4v) is 4.32. The molecule has 2 heterocycles. The van der Waals surface area contributed by atoms with Gasteiger partial charge in [-0.15, -0.1) is 0 Å². The maximum Gasteiger partial charge on any atom is 0.333 e. The molecule has 2 atom stereocenters. The minimum atomic E-state index is -0.450. The Kier molecular flexibility index (Phi) is 7.50. The molecule has 166 valence electrons. The quantitative estimate of drug-likeness (QED) is 0.679. The molecule has 0 radical (unpaired) electrons. The summed E-state index contributed by atoms with van der Waals surface area (Å²) in [5.41, 5.74) is -0.0400. The molecular weight excluding hydrogens is 382 g/mol. The number of nitrogens with zero attached hydrogens (tertiary/aromatic N) is 4. The molecule has 0 aliphatic heterocycles. The van der Waals surface area contributed by atoms with E-state index < -0.39 is 11.2 Å². The Morgan fingerprint density at radius 3 is 2.50 bits per heavy atom. The highest BCUT2D eigenvalue weighted by molar-refractivity contribution is 5.77. The van der Waals surface area contributed by atoms with Gasteiger partial charge in [0.2, 0.25) is 5.91 Å². The molecule has 1 N–H and O–H groups in total. The van der Waals surface area contributed by atoms with E-state index in [0.29, 0.717) is 30.2 Å². The second kappa shape index (κ2) is 10.1. The number of carbonyl (C=O) groups is 1. The summed E-state index contributed by atoms with van der Waals surface area (Å²) in [5, 5.41) is 3.06. The van der Waals surface area contributed by atoms with Crippen molar-refractivity contribution in [3.63, 3.8) is 0 Å². The van der Waals surface area contributed by atoms with Gasteiger partial charge in [0.25, 0.3) is 5.56 Å². The highest BCUT2D eigenvalue weighted by atomic mass is 16.2. The fourth-order valence-electron chi connectivity index (χ4n) is 4.32. The van der Waals surface area contributed by atoms with Crippen LogP contribution >= 0.6 is 0 Å². The fraction of sp³-hybridized carbons (Fsp3) is 0.727. The normalized spacial score (nSPS) is 19.3. The maximum atomic E-state index is 13.2. The van der Waals surface area contributed by atoms with Gasteiger partial charge in [-0.1, -0.05) is 46.5 Å². The van der Waals surface area contributed by atoms with Crippen molar-refractivity contribution in [2.24, 2.45) is 5.92 Å². The number of imidazole rings is 1. The Bertz CT molecular complexity index is 987. The molecule has 0 spiro atoms. The first-order valence-electron chi connectivity index (χ1n) is 11.5. The molecule has 2 aromatic heterocycles. The number of hydrogen-bond donors (Lipinski definition) is 1. The summed E-state index contributed by atoms with van der Waals surface area (Å²) in [5.74, 6) is 0.146. The van der Waals surface area contributed by atoms with Crippen LogP contribution in [-0.4, -0.2) is 30.6 Å². The van der Waals surface area contributed by atoms with Crippen LogP contribution in [0.5, 0.6) is 0 Å². The van der Waals surface area contributed by atoms with Gasteiger partial charge in [0.05, 0.1) is 6.33 Å². The Morgan fingerprint density at radius 2 is 1.80 bits per heavy atom. The summed E-state index contributed by atoms with van der Waals surface area (Å²) in [6, 6.07) is 0.114. The topological polar surface area (TPSA) is 90.9 Å². The van der Waals surface area contributed by atoms with E-state index >= 15 is 0 Å². The number of amides is 1. The molecule has 1 amide bonds. The third-order valence-corrected chi connectivity index (χ3v) is 6.23. The summed E-state index contributed by atoms with van der Waals surface area (Å²) in [6.45, 7) is 7.19. The van der Waals surface area contributed by atoms with Crippen molar-refractivity contribution in [3.8, 4) is 0 Å². The smallest absolute Gasteiger partial charge is 0.333 e. The molecule has 30 heavy (non-hydrogen) atoms. The first-order valence-corrected chi connectivity index (χ1v) is 11.5. The van der Waals surface area contributed by atoms with Gasteiger partial charge in [-0.05, 0) is 31.6 Å². The minimum absolute atomic E-state index is 0.114. The minimum Gasteiger partial charge on any atom is -0.352 e. The van der Waals surface area contributed by atoms with Crippen molar-refractivity contribution < 1.29 is 4.79 Å². The van der Waals surface area contributed by atoms with Gasteiger partial charge in [-0.3, -0.25) is 14.2 Å². The van der Waals surface area contributed by atoms with Gasteiger partial charge in [0.1, 0.15) is 6.54 Å². The maximum absolute atomic E-state index is 13.2. The number of carbonyl (C=O) groups excluding carboxylic acids is 1. The SMILES string of the molecule is CCCCn1cnc2c1c(=O)n(CC(=O)NC1CCCCC1C)c(=O)n2CCCC. The summed E-state index contributed by atoms with van der Waals surface area (Å²) in [6.07, 6.45) is 9.60. The van der Waals surface area contributed by atoms with Crippen LogP contribution in [0, 0.1) is 5.92 Å². The number of unbranched alkanes of at least 4 members (excludes halogenated alkanes) is 2. The molecule has 2 aromatic rings. The van der Waals surface area contributed by atoms with E-state index in [1.54, 1.807) is 10.9 Å². The molecule has 1 saturated carbocycles.